The van der Waals surface area contributed by atoms with Crippen molar-refractivity contribution >= 4 is 130 Å². The Labute approximate surface area is 537 Å². The zero-order valence-corrected chi connectivity index (χ0v) is 55.2. The van der Waals surface area contributed by atoms with Crippen LogP contribution >= 0.6 is 65.6 Å². The standard InChI is InChI=1S/C21H23ClFNO5.C15H22ClNO2.C11H11Cl2NO2.C8H14ClN5.C3H8NO5P/c1-2-3-6-9-28-19(25)12-29-18-11-17(16(23)10-15(18)22)24-20(26)13-7-4-5-8-14(13)21(24)27;1-5-13-8-6-7-11(2)15(13)17(14(18)9-16)12(3)10-19-4;1-7-6-16-9-5-3-2-4-8(9)14(7)11(15)10(12)13;1-4-10-7-12-6(9)13-8(14-7)11-5(2)3;5-3(6)1-4-2-10(7,8)9/h10-11H,2-9,12H2,1H3;6-8,12H,5,9-10H2,1-4H3;2-5,7,10H,6H2,1H3;5H,4H2,1-3H3,(H2,10,11,12,13,14);4H,1-2H2,(H,5,6)(H2,7,8,9). The highest BCUT2D eigenvalue weighted by Crippen LogP contribution is 2.40. The molecule has 2 unspecified atom stereocenters. The normalized spacial score (nSPS) is 14.5. The molecule has 0 spiro atoms. The number of nitrogens with one attached hydrogen (secondary N) is 3. The number of hydrogen-bond acceptors (Lipinski definition) is 17. The molecule has 2 atom stereocenters. The maximum Gasteiger partial charge on any atom is 0.344 e. The zero-order chi connectivity index (χ0) is 65.8. The molecular weight excluding hydrogens is 1270 g/mol. The van der Waals surface area contributed by atoms with Crippen molar-refractivity contribution < 1.29 is 71.6 Å². The summed E-state index contributed by atoms with van der Waals surface area (Å²) in [5.41, 5.74) is 4.60. The number of carboxylic acids is 1. The molecule has 3 aromatic carbocycles. The van der Waals surface area contributed by atoms with Crippen molar-refractivity contribution in [3.05, 3.63) is 93.0 Å². The van der Waals surface area contributed by atoms with Crippen LogP contribution in [0.15, 0.2) is 65.7 Å². The highest BCUT2D eigenvalue weighted by Gasteiger charge is 2.41. The smallest absolute Gasteiger partial charge is 0.344 e. The number of para-hydroxylation sites is 3. The van der Waals surface area contributed by atoms with Gasteiger partial charge < -0.3 is 54.3 Å². The number of hydrogen-bond donors (Lipinski definition) is 6. The number of alkyl halides is 3. The molecule has 486 valence electrons. The molecule has 3 aliphatic rings. The summed E-state index contributed by atoms with van der Waals surface area (Å²) in [6.07, 6.45) is 5.68. The van der Waals surface area contributed by atoms with Crippen LogP contribution in [-0.4, -0.2) is 147 Å². The third kappa shape index (κ3) is 24.5. The minimum Gasteiger partial charge on any atom is -0.489 e. The third-order valence-electron chi connectivity index (χ3n) is 12.6. The second-order valence-corrected chi connectivity index (χ2v) is 23.8. The number of esters is 1. The van der Waals surface area contributed by atoms with E-state index in [1.165, 1.54) is 6.07 Å². The maximum absolute atomic E-state index is 14.5. The van der Waals surface area contributed by atoms with Gasteiger partial charge in [0.25, 0.3) is 17.7 Å². The van der Waals surface area contributed by atoms with Gasteiger partial charge in [-0.1, -0.05) is 91.8 Å². The van der Waals surface area contributed by atoms with E-state index in [9.17, 15) is 37.7 Å². The van der Waals surface area contributed by atoms with Gasteiger partial charge in [0, 0.05) is 36.9 Å². The predicted octanol–water partition coefficient (Wildman–Crippen LogP) is 10.7. The van der Waals surface area contributed by atoms with Crippen molar-refractivity contribution in [2.75, 3.05) is 84.1 Å². The number of rotatable bonds is 23. The molecular formula is C58H78Cl5FN9O14P. The fraction of sp³-hybridized carbons (Fsp3) is 0.500. The van der Waals surface area contributed by atoms with Gasteiger partial charge in [0.1, 0.15) is 29.8 Å². The monoisotopic (exact) mass is 1350 g/mol. The fourth-order valence-corrected chi connectivity index (χ4v) is 9.86. The van der Waals surface area contributed by atoms with E-state index in [0.717, 1.165) is 78.5 Å². The summed E-state index contributed by atoms with van der Waals surface area (Å²) in [6, 6.07) is 15.7. The zero-order valence-electron chi connectivity index (χ0n) is 50.5. The summed E-state index contributed by atoms with van der Waals surface area (Å²) < 4.78 is 45.7. The number of carboxylic acid groups (broad SMARTS) is 1. The largest absolute Gasteiger partial charge is 0.489 e. The van der Waals surface area contributed by atoms with Crippen LogP contribution in [0.5, 0.6) is 11.5 Å². The first-order valence-corrected chi connectivity index (χ1v) is 32.2. The number of amides is 4. The fourth-order valence-electron chi connectivity index (χ4n) is 8.76. The minimum absolute atomic E-state index is 0.000883. The third-order valence-corrected chi connectivity index (χ3v) is 14.3. The van der Waals surface area contributed by atoms with Crippen molar-refractivity contribution in [3.63, 3.8) is 0 Å². The van der Waals surface area contributed by atoms with Crippen molar-refractivity contribution in [2.45, 2.75) is 130 Å². The molecule has 0 fully saturated rings. The van der Waals surface area contributed by atoms with Gasteiger partial charge in [-0.2, -0.15) is 15.0 Å². The SMILES string of the molecule is CC1COc2ccccc2N1C(=O)C(Cl)Cl.CCCCCOC(=O)COc1cc(N2C(=O)C3=C(CCCC3)C2=O)c(F)cc1Cl.CCNc1nc(Cl)nc(NC(C)C)n1.CCc1cccc(C)c1N(C(=O)CCl)C(C)COC.O=C(O)CNCP(=O)(O)O. The Morgan fingerprint density at radius 1 is 0.920 bits per heavy atom. The maximum atomic E-state index is 14.5. The number of ether oxygens (including phenoxy) is 4. The van der Waals surface area contributed by atoms with Crippen molar-refractivity contribution in [1.29, 1.82) is 0 Å². The second-order valence-electron chi connectivity index (χ2n) is 20.1. The van der Waals surface area contributed by atoms with E-state index in [1.54, 1.807) is 16.9 Å². The number of benzene rings is 3. The van der Waals surface area contributed by atoms with Crippen LogP contribution in [0.3, 0.4) is 0 Å². The Bertz CT molecular complexity index is 3050. The number of aromatic nitrogens is 3. The lowest BCUT2D eigenvalue weighted by Gasteiger charge is -2.35. The van der Waals surface area contributed by atoms with Gasteiger partial charge in [0.15, 0.2) is 11.4 Å². The average molecular weight is 1350 g/mol. The molecule has 1 aliphatic carbocycles. The molecule has 6 N–H and O–H groups in total. The summed E-state index contributed by atoms with van der Waals surface area (Å²) in [6.45, 7) is 17.1. The lowest BCUT2D eigenvalue weighted by Crippen LogP contribution is -2.47. The Morgan fingerprint density at radius 2 is 1.57 bits per heavy atom. The van der Waals surface area contributed by atoms with Gasteiger partial charge in [0.2, 0.25) is 23.1 Å². The number of carbonyl (C=O) groups excluding carboxylic acids is 5. The highest BCUT2D eigenvalue weighted by molar-refractivity contribution is 7.51. The lowest BCUT2D eigenvalue weighted by molar-refractivity contribution is -0.146. The van der Waals surface area contributed by atoms with E-state index >= 15 is 0 Å². The molecule has 88 heavy (non-hydrogen) atoms. The van der Waals surface area contributed by atoms with Gasteiger partial charge in [-0.15, -0.1) is 11.6 Å². The molecule has 3 heterocycles. The molecule has 7 rings (SSSR count). The van der Waals surface area contributed by atoms with Gasteiger partial charge in [-0.3, -0.25) is 33.9 Å². The van der Waals surface area contributed by atoms with Crippen LogP contribution in [0.4, 0.5) is 33.3 Å². The number of unbranched alkanes of at least 4 members (excludes halogenated alkanes) is 2. The Kier molecular flexibility index (Phi) is 33.5. The number of anilines is 5. The topological polar surface area (TPSA) is 302 Å². The molecule has 0 saturated heterocycles. The molecule has 0 saturated carbocycles. The molecule has 4 aromatic rings. The Balaban J connectivity index is 0.000000302. The molecule has 0 bridgehead atoms. The van der Waals surface area contributed by atoms with Crippen LogP contribution in [-0.2, 0) is 49.2 Å². The lowest BCUT2D eigenvalue weighted by atomic mass is 9.93. The van der Waals surface area contributed by atoms with E-state index in [0.29, 0.717) is 61.5 Å². The number of fused-ring (bicyclic) bond motifs is 1. The van der Waals surface area contributed by atoms with Crippen molar-refractivity contribution in [2.24, 2.45) is 0 Å². The van der Waals surface area contributed by atoms with Crippen LogP contribution in [0, 0.1) is 12.7 Å². The van der Waals surface area contributed by atoms with Gasteiger partial charge >= 0.3 is 19.5 Å². The van der Waals surface area contributed by atoms with E-state index in [1.807, 2.05) is 84.9 Å². The molecule has 4 amide bonds. The average Bonchev–Trinajstić information content (AvgIpc) is 1.81. The number of methoxy groups -OCH3 is 1. The summed E-state index contributed by atoms with van der Waals surface area (Å²) in [7, 11) is -2.46. The first-order valence-electron chi connectivity index (χ1n) is 28.2. The first kappa shape index (κ1) is 76.3. The van der Waals surface area contributed by atoms with Crippen LogP contribution in [0.2, 0.25) is 10.3 Å². The van der Waals surface area contributed by atoms with Crippen molar-refractivity contribution in [1.82, 2.24) is 20.3 Å². The summed E-state index contributed by atoms with van der Waals surface area (Å²) in [5.74, 6) is -2.30. The first-order chi connectivity index (χ1) is 41.6. The van der Waals surface area contributed by atoms with Gasteiger partial charge in [-0.05, 0) is 121 Å². The van der Waals surface area contributed by atoms with Gasteiger partial charge in [0.05, 0.1) is 60.2 Å². The second kappa shape index (κ2) is 38.6. The predicted molar refractivity (Wildman–Crippen MR) is 340 cm³/mol. The minimum atomic E-state index is -4.10. The number of aryl methyl sites for hydroxylation is 2. The number of aliphatic carboxylic acids is 1. The highest BCUT2D eigenvalue weighted by atomic mass is 35.5. The number of nitrogens with zero attached hydrogens (tertiary/aromatic N) is 6. The molecule has 30 heteroatoms. The summed E-state index contributed by atoms with van der Waals surface area (Å²) in [4.78, 5) is 102. The Hall–Kier alpha value is -5.92. The number of imide groups is 1. The summed E-state index contributed by atoms with van der Waals surface area (Å²) in [5, 5.41) is 16.2. The van der Waals surface area contributed by atoms with Crippen LogP contribution in [0.1, 0.15) is 105 Å². The van der Waals surface area contributed by atoms with Crippen LogP contribution < -0.4 is 40.1 Å². The Morgan fingerprint density at radius 3 is 2.14 bits per heavy atom. The van der Waals surface area contributed by atoms with Crippen LogP contribution in [0.25, 0.3) is 0 Å². The van der Waals surface area contributed by atoms with E-state index in [2.05, 4.69) is 43.9 Å². The van der Waals surface area contributed by atoms with E-state index < -0.39 is 61.4 Å². The molecule has 2 aliphatic heterocycles. The summed E-state index contributed by atoms with van der Waals surface area (Å²) >= 11 is 28.8. The molecule has 23 nitrogen and oxygen atoms in total. The quantitative estimate of drug-likeness (QED) is 0.0132. The van der Waals surface area contributed by atoms with E-state index in [4.69, 9.17) is 91.8 Å². The van der Waals surface area contributed by atoms with Gasteiger partial charge in [-0.25, -0.2) is 14.1 Å². The molecule has 0 radical (unpaired) electrons. The molecule has 1 aromatic heterocycles. The number of carbonyl (C=O) groups is 6. The van der Waals surface area contributed by atoms with E-state index in [-0.39, 0.29) is 57.6 Å². The van der Waals surface area contributed by atoms with Crippen molar-refractivity contribution in [3.8, 4) is 11.5 Å². The number of halogens is 6.